The van der Waals surface area contributed by atoms with Gasteiger partial charge in [0.05, 0.1) is 0 Å². The lowest BCUT2D eigenvalue weighted by Gasteiger charge is -2.38. The summed E-state index contributed by atoms with van der Waals surface area (Å²) in [6, 6.07) is 8.45. The third-order valence-electron chi connectivity index (χ3n) is 5.19. The van der Waals surface area contributed by atoms with Crippen LogP contribution in [0.4, 0.5) is 0 Å². The molecule has 3 atom stereocenters. The Morgan fingerprint density at radius 3 is 2.48 bits per heavy atom. The van der Waals surface area contributed by atoms with E-state index in [-0.39, 0.29) is 0 Å². The van der Waals surface area contributed by atoms with Gasteiger partial charge in [0, 0.05) is 5.02 Å². The van der Waals surface area contributed by atoms with Crippen LogP contribution in [0, 0.1) is 23.7 Å². The number of benzene rings is 1. The van der Waals surface area contributed by atoms with Crippen LogP contribution < -0.4 is 5.32 Å². The maximum Gasteiger partial charge on any atom is 0.0406 e. The minimum atomic E-state index is 0.811. The molecule has 0 aliphatic heterocycles. The van der Waals surface area contributed by atoms with E-state index in [0.29, 0.717) is 0 Å². The van der Waals surface area contributed by atoms with E-state index >= 15 is 0 Å². The molecule has 1 aromatic carbocycles. The molecule has 0 amide bonds. The quantitative estimate of drug-likeness (QED) is 0.763. The molecule has 1 aliphatic rings. The maximum absolute atomic E-state index is 6.01. The molecule has 21 heavy (non-hydrogen) atoms. The third-order valence-corrected chi connectivity index (χ3v) is 5.44. The van der Waals surface area contributed by atoms with Crippen molar-refractivity contribution in [3.63, 3.8) is 0 Å². The first-order valence-electron chi connectivity index (χ1n) is 8.55. The average molecular weight is 308 g/mol. The van der Waals surface area contributed by atoms with Crippen LogP contribution in [-0.4, -0.2) is 13.1 Å². The van der Waals surface area contributed by atoms with E-state index in [1.54, 1.807) is 0 Å². The van der Waals surface area contributed by atoms with E-state index in [1.807, 2.05) is 12.1 Å². The minimum absolute atomic E-state index is 0.811. The molecule has 0 saturated heterocycles. The molecule has 118 valence electrons. The second-order valence-electron chi connectivity index (χ2n) is 6.98. The zero-order valence-corrected chi connectivity index (χ0v) is 14.5. The number of nitrogens with one attached hydrogen (secondary N) is 1. The lowest BCUT2D eigenvalue weighted by Crippen LogP contribution is -2.35. The standard InChI is InChI=1S/C19H30ClN/c1-4-21-13-17-8-7-16(14(2)3)12-18(17)11-15-5-9-19(20)10-6-15/h5-6,9-10,14,16-18,21H,4,7-8,11-13H2,1-3H3. The van der Waals surface area contributed by atoms with Gasteiger partial charge in [0.15, 0.2) is 0 Å². The van der Waals surface area contributed by atoms with Crippen molar-refractivity contribution >= 4 is 11.6 Å². The molecule has 1 N–H and O–H groups in total. The Labute approximate surface area is 135 Å². The highest BCUT2D eigenvalue weighted by molar-refractivity contribution is 6.30. The van der Waals surface area contributed by atoms with Gasteiger partial charge >= 0.3 is 0 Å². The maximum atomic E-state index is 6.01. The first-order valence-corrected chi connectivity index (χ1v) is 8.93. The Balaban J connectivity index is 2.03. The van der Waals surface area contributed by atoms with Crippen LogP contribution in [0.25, 0.3) is 0 Å². The summed E-state index contributed by atoms with van der Waals surface area (Å²) in [5.41, 5.74) is 1.44. The summed E-state index contributed by atoms with van der Waals surface area (Å²) in [4.78, 5) is 0. The van der Waals surface area contributed by atoms with Crippen molar-refractivity contribution in [3.05, 3.63) is 34.9 Å². The lowest BCUT2D eigenvalue weighted by molar-refractivity contribution is 0.145. The summed E-state index contributed by atoms with van der Waals surface area (Å²) in [5, 5.41) is 4.41. The zero-order valence-electron chi connectivity index (χ0n) is 13.7. The highest BCUT2D eigenvalue weighted by atomic mass is 35.5. The molecule has 1 nitrogen and oxygen atoms in total. The SMILES string of the molecule is CCNCC1CCC(C(C)C)CC1Cc1ccc(Cl)cc1. The summed E-state index contributed by atoms with van der Waals surface area (Å²) >= 11 is 6.01. The van der Waals surface area contributed by atoms with Gasteiger partial charge in [0.25, 0.3) is 0 Å². The van der Waals surface area contributed by atoms with Gasteiger partial charge in [0.2, 0.25) is 0 Å². The highest BCUT2D eigenvalue weighted by Gasteiger charge is 2.31. The lowest BCUT2D eigenvalue weighted by atomic mass is 9.68. The van der Waals surface area contributed by atoms with Crippen LogP contribution in [0.5, 0.6) is 0 Å². The van der Waals surface area contributed by atoms with E-state index in [9.17, 15) is 0 Å². The number of rotatable bonds is 6. The van der Waals surface area contributed by atoms with Crippen LogP contribution in [0.15, 0.2) is 24.3 Å². The predicted octanol–water partition coefficient (Wildman–Crippen LogP) is 5.18. The van der Waals surface area contributed by atoms with E-state index in [1.165, 1.54) is 37.8 Å². The van der Waals surface area contributed by atoms with Gasteiger partial charge in [-0.15, -0.1) is 0 Å². The van der Waals surface area contributed by atoms with Gasteiger partial charge < -0.3 is 5.32 Å². The minimum Gasteiger partial charge on any atom is -0.317 e. The van der Waals surface area contributed by atoms with Gasteiger partial charge in [-0.1, -0.05) is 44.5 Å². The van der Waals surface area contributed by atoms with Gasteiger partial charge in [-0.25, -0.2) is 0 Å². The second kappa shape index (κ2) is 8.19. The highest BCUT2D eigenvalue weighted by Crippen LogP contribution is 2.39. The normalized spacial score (nSPS) is 26.2. The Kier molecular flexibility index (Phi) is 6.57. The van der Waals surface area contributed by atoms with Crippen LogP contribution in [-0.2, 0) is 6.42 Å². The molecule has 0 bridgehead atoms. The summed E-state index contributed by atoms with van der Waals surface area (Å²) < 4.78 is 0. The monoisotopic (exact) mass is 307 g/mol. The molecule has 2 heteroatoms. The Hall–Kier alpha value is -0.530. The fourth-order valence-corrected chi connectivity index (χ4v) is 3.87. The fourth-order valence-electron chi connectivity index (χ4n) is 3.74. The summed E-state index contributed by atoms with van der Waals surface area (Å²) in [7, 11) is 0. The number of hydrogen-bond donors (Lipinski definition) is 1. The van der Waals surface area contributed by atoms with Crippen LogP contribution in [0.2, 0.25) is 5.02 Å². The van der Waals surface area contributed by atoms with E-state index in [2.05, 4.69) is 38.2 Å². The van der Waals surface area contributed by atoms with Crippen molar-refractivity contribution in [2.75, 3.05) is 13.1 Å². The fraction of sp³-hybridized carbons (Fsp3) is 0.684. The van der Waals surface area contributed by atoms with Crippen molar-refractivity contribution in [3.8, 4) is 0 Å². The Morgan fingerprint density at radius 1 is 1.14 bits per heavy atom. The molecule has 0 radical (unpaired) electrons. The van der Waals surface area contributed by atoms with Gasteiger partial charge in [0.1, 0.15) is 0 Å². The molecule has 2 rings (SSSR count). The molecule has 3 unspecified atom stereocenters. The summed E-state index contributed by atoms with van der Waals surface area (Å²) in [6.45, 7) is 9.23. The molecule has 0 heterocycles. The molecule has 1 fully saturated rings. The summed E-state index contributed by atoms with van der Waals surface area (Å²) in [5.74, 6) is 3.36. The van der Waals surface area contributed by atoms with Crippen molar-refractivity contribution in [2.45, 2.75) is 46.5 Å². The van der Waals surface area contributed by atoms with E-state index in [0.717, 1.165) is 35.2 Å². The first kappa shape index (κ1) is 16.8. The molecule has 1 saturated carbocycles. The van der Waals surface area contributed by atoms with E-state index < -0.39 is 0 Å². The van der Waals surface area contributed by atoms with Crippen molar-refractivity contribution < 1.29 is 0 Å². The zero-order chi connectivity index (χ0) is 15.2. The average Bonchev–Trinajstić information content (AvgIpc) is 2.48. The van der Waals surface area contributed by atoms with Gasteiger partial charge in [-0.3, -0.25) is 0 Å². The van der Waals surface area contributed by atoms with Crippen LogP contribution >= 0.6 is 11.6 Å². The molecule has 0 spiro atoms. The van der Waals surface area contributed by atoms with Gasteiger partial charge in [-0.05, 0) is 80.1 Å². The molecular formula is C19H30ClN. The number of hydrogen-bond acceptors (Lipinski definition) is 1. The van der Waals surface area contributed by atoms with Crippen molar-refractivity contribution in [1.29, 1.82) is 0 Å². The first-order chi connectivity index (χ1) is 10.1. The van der Waals surface area contributed by atoms with E-state index in [4.69, 9.17) is 11.6 Å². The Morgan fingerprint density at radius 2 is 1.86 bits per heavy atom. The van der Waals surface area contributed by atoms with Crippen LogP contribution in [0.3, 0.4) is 0 Å². The largest absolute Gasteiger partial charge is 0.317 e. The predicted molar refractivity (Wildman–Crippen MR) is 92.9 cm³/mol. The van der Waals surface area contributed by atoms with Crippen LogP contribution in [0.1, 0.15) is 45.6 Å². The van der Waals surface area contributed by atoms with Crippen molar-refractivity contribution in [1.82, 2.24) is 5.32 Å². The summed E-state index contributed by atoms with van der Waals surface area (Å²) in [6.07, 6.45) is 5.38. The topological polar surface area (TPSA) is 12.0 Å². The smallest absolute Gasteiger partial charge is 0.0406 e. The second-order valence-corrected chi connectivity index (χ2v) is 7.41. The third kappa shape index (κ3) is 5.00. The Bertz CT molecular complexity index is 412. The van der Waals surface area contributed by atoms with Gasteiger partial charge in [-0.2, -0.15) is 0 Å². The molecule has 1 aromatic rings. The van der Waals surface area contributed by atoms with Crippen molar-refractivity contribution in [2.24, 2.45) is 23.7 Å². The molecule has 1 aliphatic carbocycles. The number of halogens is 1. The molecular weight excluding hydrogens is 278 g/mol. The molecule has 0 aromatic heterocycles.